The maximum atomic E-state index is 12.4. The number of ether oxygens (including phenoxy) is 1. The van der Waals surface area contributed by atoms with Crippen LogP contribution in [0.25, 0.3) is 0 Å². The summed E-state index contributed by atoms with van der Waals surface area (Å²) in [6.45, 7) is 3.86. The summed E-state index contributed by atoms with van der Waals surface area (Å²) in [5.74, 6) is 0.701. The third kappa shape index (κ3) is 2.34. The summed E-state index contributed by atoms with van der Waals surface area (Å²) in [7, 11) is 1.56. The van der Waals surface area contributed by atoms with Gasteiger partial charge in [-0.3, -0.25) is 4.79 Å². The van der Waals surface area contributed by atoms with Gasteiger partial charge in [-0.15, -0.1) is 0 Å². The Kier molecular flexibility index (Phi) is 3.57. The summed E-state index contributed by atoms with van der Waals surface area (Å²) in [6.07, 6.45) is 0. The Hall–Kier alpha value is -1.55. The fourth-order valence-electron chi connectivity index (χ4n) is 1.94. The predicted molar refractivity (Wildman–Crippen MR) is 72.3 cm³/mol. The molecule has 2 rings (SSSR count). The Morgan fingerprint density at radius 2 is 2.00 bits per heavy atom. The first kappa shape index (κ1) is 12.9. The van der Waals surface area contributed by atoms with Gasteiger partial charge in [0.2, 0.25) is 5.78 Å². The molecule has 0 aliphatic heterocycles. The SMILES string of the molecule is COc1cc(C)cc(C)c1C(=O)c1ccc(Br)o1. The van der Waals surface area contributed by atoms with E-state index >= 15 is 0 Å². The van der Waals surface area contributed by atoms with Crippen LogP contribution in [-0.4, -0.2) is 12.9 Å². The van der Waals surface area contributed by atoms with Crippen molar-refractivity contribution in [2.24, 2.45) is 0 Å². The second-order valence-corrected chi connectivity index (χ2v) is 4.87. The minimum atomic E-state index is -0.171. The first-order valence-corrected chi connectivity index (χ1v) is 6.27. The molecule has 0 aliphatic rings. The molecule has 0 N–H and O–H groups in total. The molecule has 18 heavy (non-hydrogen) atoms. The largest absolute Gasteiger partial charge is 0.496 e. The molecule has 0 fully saturated rings. The summed E-state index contributed by atoms with van der Waals surface area (Å²) in [5.41, 5.74) is 2.48. The Morgan fingerprint density at radius 3 is 2.56 bits per heavy atom. The van der Waals surface area contributed by atoms with Crippen molar-refractivity contribution in [1.29, 1.82) is 0 Å². The molecule has 1 aromatic heterocycles. The molecule has 1 aromatic carbocycles. The van der Waals surface area contributed by atoms with Crippen LogP contribution in [0.3, 0.4) is 0 Å². The highest BCUT2D eigenvalue weighted by Crippen LogP contribution is 2.28. The third-order valence-corrected chi connectivity index (χ3v) is 3.11. The van der Waals surface area contributed by atoms with Crippen LogP contribution in [-0.2, 0) is 0 Å². The molecular formula is C14H13BrO3. The van der Waals surface area contributed by atoms with Crippen LogP contribution >= 0.6 is 15.9 Å². The van der Waals surface area contributed by atoms with Crippen LogP contribution < -0.4 is 4.74 Å². The highest BCUT2D eigenvalue weighted by molar-refractivity contribution is 9.10. The van der Waals surface area contributed by atoms with Gasteiger partial charge in [-0.1, -0.05) is 6.07 Å². The van der Waals surface area contributed by atoms with E-state index in [9.17, 15) is 4.79 Å². The summed E-state index contributed by atoms with van der Waals surface area (Å²) < 4.78 is 11.1. The molecule has 0 unspecified atom stereocenters. The normalized spacial score (nSPS) is 10.4. The van der Waals surface area contributed by atoms with Gasteiger partial charge in [-0.2, -0.15) is 0 Å². The van der Waals surface area contributed by atoms with Crippen molar-refractivity contribution in [3.63, 3.8) is 0 Å². The minimum Gasteiger partial charge on any atom is -0.496 e. The lowest BCUT2D eigenvalue weighted by atomic mass is 9.99. The van der Waals surface area contributed by atoms with Crippen molar-refractivity contribution < 1.29 is 13.9 Å². The number of halogens is 1. The first-order valence-electron chi connectivity index (χ1n) is 5.48. The van der Waals surface area contributed by atoms with Gasteiger partial charge < -0.3 is 9.15 Å². The molecule has 4 heteroatoms. The number of methoxy groups -OCH3 is 1. The van der Waals surface area contributed by atoms with Gasteiger partial charge in [0, 0.05) is 0 Å². The average molecular weight is 309 g/mol. The van der Waals surface area contributed by atoms with Gasteiger partial charge in [0.15, 0.2) is 10.4 Å². The number of aryl methyl sites for hydroxylation is 2. The molecule has 0 saturated heterocycles. The smallest absolute Gasteiger partial charge is 0.232 e. The second-order valence-electron chi connectivity index (χ2n) is 4.09. The van der Waals surface area contributed by atoms with E-state index in [1.54, 1.807) is 19.2 Å². The zero-order valence-electron chi connectivity index (χ0n) is 10.4. The van der Waals surface area contributed by atoms with E-state index in [0.717, 1.165) is 11.1 Å². The van der Waals surface area contributed by atoms with Crippen molar-refractivity contribution in [3.8, 4) is 5.75 Å². The molecule has 0 saturated carbocycles. The van der Waals surface area contributed by atoms with E-state index in [-0.39, 0.29) is 5.78 Å². The minimum absolute atomic E-state index is 0.171. The summed E-state index contributed by atoms with van der Waals surface area (Å²) in [6, 6.07) is 7.14. The predicted octanol–water partition coefficient (Wildman–Crippen LogP) is 3.90. The monoisotopic (exact) mass is 308 g/mol. The van der Waals surface area contributed by atoms with Crippen LogP contribution in [0, 0.1) is 13.8 Å². The lowest BCUT2D eigenvalue weighted by molar-refractivity contribution is 0.100. The fraction of sp³-hybridized carbons (Fsp3) is 0.214. The van der Waals surface area contributed by atoms with Crippen LogP contribution in [0.5, 0.6) is 5.75 Å². The van der Waals surface area contributed by atoms with Crippen molar-refractivity contribution in [3.05, 3.63) is 51.4 Å². The highest BCUT2D eigenvalue weighted by Gasteiger charge is 2.20. The van der Waals surface area contributed by atoms with E-state index < -0.39 is 0 Å². The zero-order valence-corrected chi connectivity index (χ0v) is 12.0. The molecule has 3 nitrogen and oxygen atoms in total. The third-order valence-electron chi connectivity index (χ3n) is 2.69. The number of carbonyl (C=O) groups excluding carboxylic acids is 1. The molecule has 2 aromatic rings. The number of ketones is 1. The Balaban J connectivity index is 2.54. The van der Waals surface area contributed by atoms with E-state index in [4.69, 9.17) is 9.15 Å². The van der Waals surface area contributed by atoms with Gasteiger partial charge in [0.1, 0.15) is 5.75 Å². The molecule has 94 valence electrons. The lowest BCUT2D eigenvalue weighted by Gasteiger charge is -2.10. The number of hydrogen-bond acceptors (Lipinski definition) is 3. The summed E-state index contributed by atoms with van der Waals surface area (Å²) >= 11 is 3.19. The van der Waals surface area contributed by atoms with Gasteiger partial charge in [-0.25, -0.2) is 0 Å². The Labute approximate surface area is 114 Å². The average Bonchev–Trinajstić information content (AvgIpc) is 2.74. The first-order chi connectivity index (χ1) is 8.52. The van der Waals surface area contributed by atoms with E-state index in [1.165, 1.54) is 0 Å². The number of hydrogen-bond donors (Lipinski definition) is 0. The Morgan fingerprint density at radius 1 is 1.28 bits per heavy atom. The fourth-order valence-corrected chi connectivity index (χ4v) is 2.25. The lowest BCUT2D eigenvalue weighted by Crippen LogP contribution is -2.06. The van der Waals surface area contributed by atoms with Gasteiger partial charge in [-0.05, 0) is 59.1 Å². The van der Waals surface area contributed by atoms with Gasteiger partial charge in [0.05, 0.1) is 12.7 Å². The number of carbonyl (C=O) groups is 1. The number of furan rings is 1. The molecule has 0 amide bonds. The molecule has 0 aliphatic carbocycles. The summed E-state index contributed by atoms with van der Waals surface area (Å²) in [5, 5.41) is 0. The topological polar surface area (TPSA) is 39.4 Å². The van der Waals surface area contributed by atoms with Crippen LogP contribution in [0.1, 0.15) is 27.2 Å². The number of benzene rings is 1. The van der Waals surface area contributed by atoms with Crippen molar-refractivity contribution in [2.45, 2.75) is 13.8 Å². The molecule has 0 radical (unpaired) electrons. The van der Waals surface area contributed by atoms with Crippen LogP contribution in [0.4, 0.5) is 0 Å². The molecule has 1 heterocycles. The van der Waals surface area contributed by atoms with E-state index in [2.05, 4.69) is 15.9 Å². The highest BCUT2D eigenvalue weighted by atomic mass is 79.9. The summed E-state index contributed by atoms with van der Waals surface area (Å²) in [4.78, 5) is 12.4. The standard InChI is InChI=1S/C14H13BrO3/c1-8-6-9(2)13(11(7-8)17-3)14(16)10-4-5-12(15)18-10/h4-7H,1-3H3. The van der Waals surface area contributed by atoms with Crippen molar-refractivity contribution in [2.75, 3.05) is 7.11 Å². The molecular weight excluding hydrogens is 296 g/mol. The molecule has 0 atom stereocenters. The second kappa shape index (κ2) is 4.98. The number of rotatable bonds is 3. The molecule has 0 spiro atoms. The maximum absolute atomic E-state index is 12.4. The zero-order chi connectivity index (χ0) is 13.3. The Bertz CT molecular complexity index is 599. The quantitative estimate of drug-likeness (QED) is 0.807. The van der Waals surface area contributed by atoms with Crippen LogP contribution in [0.15, 0.2) is 33.4 Å². The van der Waals surface area contributed by atoms with E-state index in [1.807, 2.05) is 26.0 Å². The molecule has 0 bridgehead atoms. The van der Waals surface area contributed by atoms with Crippen molar-refractivity contribution >= 4 is 21.7 Å². The van der Waals surface area contributed by atoms with Crippen LogP contribution in [0.2, 0.25) is 0 Å². The van der Waals surface area contributed by atoms with Crippen molar-refractivity contribution in [1.82, 2.24) is 0 Å². The van der Waals surface area contributed by atoms with E-state index in [0.29, 0.717) is 21.7 Å². The van der Waals surface area contributed by atoms with Gasteiger partial charge in [0.25, 0.3) is 0 Å². The van der Waals surface area contributed by atoms with Gasteiger partial charge >= 0.3 is 0 Å². The maximum Gasteiger partial charge on any atom is 0.232 e.